The Morgan fingerprint density at radius 2 is 1.76 bits per heavy atom. The van der Waals surface area contributed by atoms with Gasteiger partial charge in [-0.1, -0.05) is 20.3 Å². The van der Waals surface area contributed by atoms with E-state index >= 15 is 0 Å². The van der Waals surface area contributed by atoms with Crippen molar-refractivity contribution in [2.75, 3.05) is 30.3 Å². The van der Waals surface area contributed by atoms with E-state index in [9.17, 15) is 0 Å². The van der Waals surface area contributed by atoms with E-state index in [0.717, 1.165) is 61.8 Å². The predicted octanol–water partition coefficient (Wildman–Crippen LogP) is 2.99. The van der Waals surface area contributed by atoms with E-state index in [1.165, 1.54) is 0 Å². The summed E-state index contributed by atoms with van der Waals surface area (Å²) in [6, 6.07) is 0. The molecule has 5 heteroatoms. The lowest BCUT2D eigenvalue weighted by molar-refractivity contribution is 0.258. The van der Waals surface area contributed by atoms with Crippen LogP contribution in [-0.2, 0) is 6.42 Å². The van der Waals surface area contributed by atoms with Crippen LogP contribution in [0.3, 0.4) is 0 Å². The van der Waals surface area contributed by atoms with Crippen molar-refractivity contribution in [2.24, 2.45) is 5.92 Å². The Morgan fingerprint density at radius 1 is 1.10 bits per heavy atom. The molecule has 21 heavy (non-hydrogen) atoms. The van der Waals surface area contributed by atoms with E-state index in [0.29, 0.717) is 5.92 Å². The molecular weight excluding hydrogens is 264 g/mol. The zero-order chi connectivity index (χ0) is 15.7. The molecule has 0 aliphatic heterocycles. The molecule has 1 aromatic heterocycles. The van der Waals surface area contributed by atoms with Crippen LogP contribution < -0.4 is 10.6 Å². The molecule has 0 fully saturated rings. The Kier molecular flexibility index (Phi) is 8.05. The monoisotopic (exact) mass is 294 g/mol. The maximum Gasteiger partial charge on any atom is 0.134 e. The fraction of sp³-hybridized carbons (Fsp3) is 0.750. The highest BCUT2D eigenvalue weighted by Gasteiger charge is 2.12. The SMILES string of the molecule is CCCc1nc(NCC)c(C)c(NCC(CC)CCO)n1. The topological polar surface area (TPSA) is 70.1 Å². The molecule has 0 bridgehead atoms. The molecule has 5 nitrogen and oxygen atoms in total. The van der Waals surface area contributed by atoms with Gasteiger partial charge in [0.05, 0.1) is 0 Å². The lowest BCUT2D eigenvalue weighted by atomic mass is 10.0. The normalized spacial score (nSPS) is 12.2. The second kappa shape index (κ2) is 9.55. The maximum atomic E-state index is 9.08. The van der Waals surface area contributed by atoms with Gasteiger partial charge < -0.3 is 15.7 Å². The van der Waals surface area contributed by atoms with Crippen molar-refractivity contribution in [1.29, 1.82) is 0 Å². The summed E-state index contributed by atoms with van der Waals surface area (Å²) < 4.78 is 0. The van der Waals surface area contributed by atoms with Crippen molar-refractivity contribution in [3.63, 3.8) is 0 Å². The van der Waals surface area contributed by atoms with Crippen molar-refractivity contribution in [3.05, 3.63) is 11.4 Å². The third kappa shape index (κ3) is 5.50. The Morgan fingerprint density at radius 3 is 2.29 bits per heavy atom. The molecule has 0 amide bonds. The summed E-state index contributed by atoms with van der Waals surface area (Å²) in [6.07, 6.45) is 3.81. The zero-order valence-corrected chi connectivity index (χ0v) is 13.9. The summed E-state index contributed by atoms with van der Waals surface area (Å²) in [6.45, 7) is 10.3. The third-order valence-electron chi connectivity index (χ3n) is 3.68. The van der Waals surface area contributed by atoms with Gasteiger partial charge in [-0.3, -0.25) is 0 Å². The number of anilines is 2. The average molecular weight is 294 g/mol. The summed E-state index contributed by atoms with van der Waals surface area (Å²) in [4.78, 5) is 9.24. The standard InChI is InChI=1S/C16H30N4O/c1-5-8-14-19-15(17-7-3)12(4)16(20-14)18-11-13(6-2)9-10-21/h13,21H,5-11H2,1-4H3,(H2,17,18,19,20). The molecule has 1 heterocycles. The molecule has 0 radical (unpaired) electrons. The Hall–Kier alpha value is -1.36. The van der Waals surface area contributed by atoms with E-state index in [1.54, 1.807) is 0 Å². The largest absolute Gasteiger partial charge is 0.396 e. The Balaban J connectivity index is 2.87. The molecule has 0 saturated carbocycles. The van der Waals surface area contributed by atoms with Crippen LogP contribution >= 0.6 is 0 Å². The number of nitrogens with zero attached hydrogens (tertiary/aromatic N) is 2. The first-order chi connectivity index (χ1) is 10.2. The van der Waals surface area contributed by atoms with Crippen molar-refractivity contribution < 1.29 is 5.11 Å². The molecule has 3 N–H and O–H groups in total. The quantitative estimate of drug-likeness (QED) is 0.619. The van der Waals surface area contributed by atoms with Crippen molar-refractivity contribution in [2.45, 2.75) is 53.4 Å². The van der Waals surface area contributed by atoms with Gasteiger partial charge in [-0.15, -0.1) is 0 Å². The number of hydrogen-bond donors (Lipinski definition) is 3. The first-order valence-electron chi connectivity index (χ1n) is 8.12. The van der Waals surface area contributed by atoms with Crippen LogP contribution in [-0.4, -0.2) is 34.8 Å². The average Bonchev–Trinajstić information content (AvgIpc) is 2.48. The smallest absolute Gasteiger partial charge is 0.134 e. The van der Waals surface area contributed by atoms with Gasteiger partial charge in [0.2, 0.25) is 0 Å². The van der Waals surface area contributed by atoms with E-state index in [2.05, 4.69) is 41.4 Å². The van der Waals surface area contributed by atoms with Gasteiger partial charge in [-0.05, 0) is 32.6 Å². The third-order valence-corrected chi connectivity index (χ3v) is 3.68. The van der Waals surface area contributed by atoms with Gasteiger partial charge in [-0.25, -0.2) is 9.97 Å². The van der Waals surface area contributed by atoms with Crippen LogP contribution in [0.25, 0.3) is 0 Å². The van der Waals surface area contributed by atoms with Gasteiger partial charge in [0, 0.05) is 31.7 Å². The van der Waals surface area contributed by atoms with Crippen LogP contribution in [0, 0.1) is 12.8 Å². The van der Waals surface area contributed by atoms with E-state index in [4.69, 9.17) is 5.11 Å². The number of hydrogen-bond acceptors (Lipinski definition) is 5. The molecule has 0 saturated heterocycles. The number of aliphatic hydroxyl groups excluding tert-OH is 1. The van der Waals surface area contributed by atoms with E-state index < -0.39 is 0 Å². The van der Waals surface area contributed by atoms with Gasteiger partial charge in [0.15, 0.2) is 0 Å². The zero-order valence-electron chi connectivity index (χ0n) is 13.9. The highest BCUT2D eigenvalue weighted by atomic mass is 16.3. The summed E-state index contributed by atoms with van der Waals surface area (Å²) in [7, 11) is 0. The lowest BCUT2D eigenvalue weighted by Crippen LogP contribution is -2.18. The fourth-order valence-corrected chi connectivity index (χ4v) is 2.28. The minimum atomic E-state index is 0.243. The first kappa shape index (κ1) is 17.7. The van der Waals surface area contributed by atoms with Gasteiger partial charge >= 0.3 is 0 Å². The molecular formula is C16H30N4O. The molecule has 0 spiro atoms. The van der Waals surface area contributed by atoms with Crippen LogP contribution in [0.2, 0.25) is 0 Å². The Bertz CT molecular complexity index is 423. The van der Waals surface area contributed by atoms with E-state index in [1.807, 2.05) is 6.92 Å². The van der Waals surface area contributed by atoms with Crippen LogP contribution in [0.5, 0.6) is 0 Å². The van der Waals surface area contributed by atoms with Gasteiger partial charge in [0.1, 0.15) is 17.5 Å². The van der Waals surface area contributed by atoms with Crippen LogP contribution in [0.15, 0.2) is 0 Å². The van der Waals surface area contributed by atoms with Crippen molar-refractivity contribution in [3.8, 4) is 0 Å². The molecule has 1 atom stereocenters. The number of aliphatic hydroxyl groups is 1. The number of rotatable bonds is 10. The molecule has 0 aliphatic carbocycles. The van der Waals surface area contributed by atoms with E-state index in [-0.39, 0.29) is 6.61 Å². The van der Waals surface area contributed by atoms with Gasteiger partial charge in [-0.2, -0.15) is 0 Å². The molecule has 0 aliphatic rings. The van der Waals surface area contributed by atoms with Gasteiger partial charge in [0.25, 0.3) is 0 Å². The highest BCUT2D eigenvalue weighted by molar-refractivity contribution is 5.57. The maximum absolute atomic E-state index is 9.08. The summed E-state index contributed by atoms with van der Waals surface area (Å²) in [5.41, 5.74) is 1.07. The summed E-state index contributed by atoms with van der Waals surface area (Å²) >= 11 is 0. The lowest BCUT2D eigenvalue weighted by Gasteiger charge is -2.18. The number of aryl methyl sites for hydroxylation is 1. The minimum Gasteiger partial charge on any atom is -0.396 e. The summed E-state index contributed by atoms with van der Waals surface area (Å²) in [5, 5.41) is 15.8. The second-order valence-corrected chi connectivity index (χ2v) is 5.41. The number of nitrogens with one attached hydrogen (secondary N) is 2. The molecule has 1 aromatic rings. The highest BCUT2D eigenvalue weighted by Crippen LogP contribution is 2.21. The predicted molar refractivity (Wildman–Crippen MR) is 88.9 cm³/mol. The van der Waals surface area contributed by atoms with Crippen molar-refractivity contribution >= 4 is 11.6 Å². The van der Waals surface area contributed by atoms with Crippen LogP contribution in [0.1, 0.15) is 51.4 Å². The Labute approximate surface area is 128 Å². The number of aromatic nitrogens is 2. The molecule has 1 unspecified atom stereocenters. The summed E-state index contributed by atoms with van der Waals surface area (Å²) in [5.74, 6) is 3.20. The second-order valence-electron chi connectivity index (χ2n) is 5.41. The minimum absolute atomic E-state index is 0.243. The first-order valence-corrected chi connectivity index (χ1v) is 8.12. The molecule has 120 valence electrons. The fourth-order valence-electron chi connectivity index (χ4n) is 2.28. The van der Waals surface area contributed by atoms with Crippen molar-refractivity contribution in [1.82, 2.24) is 9.97 Å². The molecule has 0 aromatic carbocycles. The molecule has 1 rings (SSSR count). The van der Waals surface area contributed by atoms with Crippen LogP contribution in [0.4, 0.5) is 11.6 Å².